The van der Waals surface area contributed by atoms with Gasteiger partial charge in [-0.2, -0.15) is 0 Å². The van der Waals surface area contributed by atoms with Crippen molar-refractivity contribution >= 4 is 0 Å². The summed E-state index contributed by atoms with van der Waals surface area (Å²) in [6.07, 6.45) is 1.14. The van der Waals surface area contributed by atoms with Crippen molar-refractivity contribution in [1.82, 2.24) is 0 Å². The van der Waals surface area contributed by atoms with Gasteiger partial charge in [0.2, 0.25) is 0 Å². The van der Waals surface area contributed by atoms with Crippen LogP contribution in [0.3, 0.4) is 0 Å². The maximum Gasteiger partial charge on any atom is 0.125 e. The minimum atomic E-state index is -0.0135. The van der Waals surface area contributed by atoms with Gasteiger partial charge in [0.15, 0.2) is 0 Å². The molecule has 1 atom stereocenters. The Morgan fingerprint density at radius 1 is 1.53 bits per heavy atom. The number of aliphatic hydroxyl groups excluding tert-OH is 1. The number of fused-ring (bicyclic) bond motifs is 1. The predicted molar refractivity (Wildman–Crippen MR) is 57.3 cm³/mol. The third-order valence-electron chi connectivity index (χ3n) is 2.55. The van der Waals surface area contributed by atoms with Crippen LogP contribution in [0.1, 0.15) is 25.0 Å². The van der Waals surface area contributed by atoms with Gasteiger partial charge in [-0.05, 0) is 26.0 Å². The van der Waals surface area contributed by atoms with Gasteiger partial charge < -0.3 is 14.6 Å². The molecule has 0 amide bonds. The Morgan fingerprint density at radius 3 is 3.00 bits per heavy atom. The zero-order valence-electron chi connectivity index (χ0n) is 9.12. The fourth-order valence-electron chi connectivity index (χ4n) is 1.89. The molecule has 0 spiro atoms. The lowest BCUT2D eigenvalue weighted by Crippen LogP contribution is -2.05. The van der Waals surface area contributed by atoms with Crippen LogP contribution in [0.25, 0.3) is 0 Å². The van der Waals surface area contributed by atoms with E-state index in [-0.39, 0.29) is 12.7 Å². The highest BCUT2D eigenvalue weighted by Crippen LogP contribution is 2.34. The molecule has 0 saturated carbocycles. The van der Waals surface area contributed by atoms with E-state index in [1.165, 1.54) is 5.56 Å². The van der Waals surface area contributed by atoms with E-state index in [0.717, 1.165) is 23.5 Å². The summed E-state index contributed by atoms with van der Waals surface area (Å²) in [5, 5.41) is 9.21. The molecule has 1 aromatic rings. The van der Waals surface area contributed by atoms with Gasteiger partial charge >= 0.3 is 0 Å². The molecule has 0 fully saturated rings. The highest BCUT2D eigenvalue weighted by atomic mass is 16.5. The van der Waals surface area contributed by atoms with Crippen LogP contribution in [-0.2, 0) is 13.0 Å². The standard InChI is InChI=1S/C12H16O3/c1-3-14-11-5-9-4-8(2)15-12(9)6-10(11)7-13/h5-6,8,13H,3-4,7H2,1-2H3. The molecule has 1 aliphatic rings. The first kappa shape index (κ1) is 10.3. The second kappa shape index (κ2) is 4.11. The first-order chi connectivity index (χ1) is 7.24. The molecule has 1 N–H and O–H groups in total. The van der Waals surface area contributed by atoms with Crippen LogP contribution in [-0.4, -0.2) is 17.8 Å². The molecule has 82 valence electrons. The van der Waals surface area contributed by atoms with E-state index < -0.39 is 0 Å². The summed E-state index contributed by atoms with van der Waals surface area (Å²) in [4.78, 5) is 0. The smallest absolute Gasteiger partial charge is 0.125 e. The van der Waals surface area contributed by atoms with Crippen molar-refractivity contribution in [3.8, 4) is 11.5 Å². The number of aliphatic hydroxyl groups is 1. The van der Waals surface area contributed by atoms with E-state index >= 15 is 0 Å². The summed E-state index contributed by atoms with van der Waals surface area (Å²) < 4.78 is 11.1. The Balaban J connectivity index is 2.36. The lowest BCUT2D eigenvalue weighted by atomic mass is 10.1. The molecular formula is C12H16O3. The molecule has 0 aromatic heterocycles. The molecule has 2 rings (SSSR count). The monoisotopic (exact) mass is 208 g/mol. The summed E-state index contributed by atoms with van der Waals surface area (Å²) >= 11 is 0. The van der Waals surface area contributed by atoms with E-state index in [2.05, 4.69) is 0 Å². The molecule has 1 unspecified atom stereocenters. The van der Waals surface area contributed by atoms with Crippen LogP contribution < -0.4 is 9.47 Å². The van der Waals surface area contributed by atoms with E-state index in [0.29, 0.717) is 6.61 Å². The first-order valence-corrected chi connectivity index (χ1v) is 5.30. The normalized spacial score (nSPS) is 18.5. The van der Waals surface area contributed by atoms with Crippen LogP contribution >= 0.6 is 0 Å². The number of ether oxygens (including phenoxy) is 2. The van der Waals surface area contributed by atoms with E-state index in [4.69, 9.17) is 9.47 Å². The molecule has 0 aliphatic carbocycles. The third kappa shape index (κ3) is 1.92. The van der Waals surface area contributed by atoms with Gasteiger partial charge in [0.25, 0.3) is 0 Å². The van der Waals surface area contributed by atoms with Crippen LogP contribution in [0.2, 0.25) is 0 Å². The van der Waals surface area contributed by atoms with Gasteiger partial charge in [0.05, 0.1) is 13.2 Å². The Bertz CT molecular complexity index is 360. The van der Waals surface area contributed by atoms with Crippen LogP contribution in [0.4, 0.5) is 0 Å². The zero-order chi connectivity index (χ0) is 10.8. The lowest BCUT2D eigenvalue weighted by molar-refractivity contribution is 0.250. The highest BCUT2D eigenvalue weighted by molar-refractivity contribution is 5.48. The van der Waals surface area contributed by atoms with Crippen molar-refractivity contribution in [2.75, 3.05) is 6.61 Å². The number of benzene rings is 1. The number of hydrogen-bond acceptors (Lipinski definition) is 3. The van der Waals surface area contributed by atoms with E-state index in [1.807, 2.05) is 26.0 Å². The fraction of sp³-hybridized carbons (Fsp3) is 0.500. The summed E-state index contributed by atoms with van der Waals surface area (Å²) in [7, 11) is 0. The topological polar surface area (TPSA) is 38.7 Å². The molecular weight excluding hydrogens is 192 g/mol. The van der Waals surface area contributed by atoms with Gasteiger partial charge in [-0.15, -0.1) is 0 Å². The second-order valence-corrected chi connectivity index (χ2v) is 3.79. The molecule has 1 aliphatic heterocycles. The minimum absolute atomic E-state index is 0.0135. The van der Waals surface area contributed by atoms with Gasteiger partial charge in [-0.1, -0.05) is 0 Å². The largest absolute Gasteiger partial charge is 0.493 e. The molecule has 0 radical (unpaired) electrons. The summed E-state index contributed by atoms with van der Waals surface area (Å²) in [5.74, 6) is 1.66. The summed E-state index contributed by atoms with van der Waals surface area (Å²) in [5.41, 5.74) is 1.97. The molecule has 15 heavy (non-hydrogen) atoms. The fourth-order valence-corrected chi connectivity index (χ4v) is 1.89. The van der Waals surface area contributed by atoms with Crippen LogP contribution in [0.5, 0.6) is 11.5 Å². The van der Waals surface area contributed by atoms with Crippen molar-refractivity contribution < 1.29 is 14.6 Å². The van der Waals surface area contributed by atoms with E-state index in [1.54, 1.807) is 0 Å². The number of rotatable bonds is 3. The van der Waals surface area contributed by atoms with Crippen LogP contribution in [0.15, 0.2) is 12.1 Å². The average molecular weight is 208 g/mol. The Morgan fingerprint density at radius 2 is 2.33 bits per heavy atom. The maximum absolute atomic E-state index is 9.21. The van der Waals surface area contributed by atoms with Gasteiger partial charge in [-0.25, -0.2) is 0 Å². The van der Waals surface area contributed by atoms with Crippen molar-refractivity contribution in [1.29, 1.82) is 0 Å². The Kier molecular flexibility index (Phi) is 2.82. The average Bonchev–Trinajstić information content (AvgIpc) is 2.56. The van der Waals surface area contributed by atoms with Gasteiger partial charge in [-0.3, -0.25) is 0 Å². The summed E-state index contributed by atoms with van der Waals surface area (Å²) in [6, 6.07) is 3.86. The minimum Gasteiger partial charge on any atom is -0.493 e. The SMILES string of the molecule is CCOc1cc2c(cc1CO)OC(C)C2. The lowest BCUT2D eigenvalue weighted by Gasteiger charge is -2.10. The molecule has 1 aromatic carbocycles. The number of hydrogen-bond donors (Lipinski definition) is 1. The van der Waals surface area contributed by atoms with Crippen molar-refractivity contribution in [3.05, 3.63) is 23.3 Å². The predicted octanol–water partition coefficient (Wildman–Crippen LogP) is 1.90. The molecule has 1 heterocycles. The zero-order valence-corrected chi connectivity index (χ0v) is 9.12. The Labute approximate surface area is 89.6 Å². The van der Waals surface area contributed by atoms with Crippen molar-refractivity contribution in [2.24, 2.45) is 0 Å². The van der Waals surface area contributed by atoms with Crippen LogP contribution in [0, 0.1) is 0 Å². The van der Waals surface area contributed by atoms with Crippen molar-refractivity contribution in [3.63, 3.8) is 0 Å². The van der Waals surface area contributed by atoms with Crippen molar-refractivity contribution in [2.45, 2.75) is 33.0 Å². The van der Waals surface area contributed by atoms with Gasteiger partial charge in [0, 0.05) is 17.5 Å². The first-order valence-electron chi connectivity index (χ1n) is 5.30. The quantitative estimate of drug-likeness (QED) is 0.824. The molecule has 3 heteroatoms. The van der Waals surface area contributed by atoms with Gasteiger partial charge in [0.1, 0.15) is 17.6 Å². The van der Waals surface area contributed by atoms with E-state index in [9.17, 15) is 5.11 Å². The Hall–Kier alpha value is -1.22. The molecule has 0 saturated heterocycles. The highest BCUT2D eigenvalue weighted by Gasteiger charge is 2.21. The molecule has 3 nitrogen and oxygen atoms in total. The summed E-state index contributed by atoms with van der Waals surface area (Å²) in [6.45, 7) is 4.58. The third-order valence-corrected chi connectivity index (χ3v) is 2.55. The molecule has 0 bridgehead atoms. The maximum atomic E-state index is 9.21. The second-order valence-electron chi connectivity index (χ2n) is 3.79.